The van der Waals surface area contributed by atoms with Crippen LogP contribution in [0.4, 0.5) is 0 Å². The van der Waals surface area contributed by atoms with E-state index >= 15 is 0 Å². The lowest BCUT2D eigenvalue weighted by molar-refractivity contribution is -0.0548. The lowest BCUT2D eigenvalue weighted by Gasteiger charge is -2.33. The van der Waals surface area contributed by atoms with Gasteiger partial charge in [-0.1, -0.05) is 19.0 Å². The van der Waals surface area contributed by atoms with Gasteiger partial charge in [0.15, 0.2) is 5.76 Å². The molecule has 6 heteroatoms. The zero-order chi connectivity index (χ0) is 15.1. The normalized spacial score (nSPS) is 25.8. The zero-order valence-corrected chi connectivity index (χ0v) is 13.0. The lowest BCUT2D eigenvalue weighted by atomic mass is 10.0. The smallest absolute Gasteiger partial charge is 0.294 e. The maximum Gasteiger partial charge on any atom is 0.294 e. The quantitative estimate of drug-likeness (QED) is 0.868. The summed E-state index contributed by atoms with van der Waals surface area (Å²) in [7, 11) is 0. The third kappa shape index (κ3) is 2.36. The van der Waals surface area contributed by atoms with E-state index in [1.165, 1.54) is 12.8 Å². The van der Waals surface area contributed by atoms with E-state index in [2.05, 4.69) is 28.9 Å². The maximum absolute atomic E-state index is 5.93. The van der Waals surface area contributed by atoms with Crippen LogP contribution in [-0.4, -0.2) is 40.8 Å². The van der Waals surface area contributed by atoms with Gasteiger partial charge in [-0.2, -0.15) is 4.98 Å². The van der Waals surface area contributed by atoms with Crippen LogP contribution in [-0.2, 0) is 4.74 Å². The van der Waals surface area contributed by atoms with Gasteiger partial charge in [-0.05, 0) is 31.4 Å². The first-order chi connectivity index (χ1) is 10.7. The Morgan fingerprint density at radius 1 is 1.36 bits per heavy atom. The minimum Gasteiger partial charge on any atom is -0.459 e. The molecule has 6 nitrogen and oxygen atoms in total. The summed E-state index contributed by atoms with van der Waals surface area (Å²) in [6, 6.07) is 2.52. The minimum atomic E-state index is -0.107. The average molecular weight is 303 g/mol. The van der Waals surface area contributed by atoms with Crippen LogP contribution in [0.5, 0.6) is 0 Å². The molecule has 2 atom stereocenters. The van der Waals surface area contributed by atoms with E-state index in [-0.39, 0.29) is 6.10 Å². The molecule has 22 heavy (non-hydrogen) atoms. The number of ether oxygens (including phenoxy) is 1. The van der Waals surface area contributed by atoms with E-state index in [0.717, 1.165) is 25.3 Å². The summed E-state index contributed by atoms with van der Waals surface area (Å²) in [6.45, 7) is 6.98. The highest BCUT2D eigenvalue weighted by Crippen LogP contribution is 2.32. The SMILES string of the molecule is CC(C)c1ccoc1-c1nc([C@H]2CN3CCC[C@H]3CO2)no1. The van der Waals surface area contributed by atoms with Crippen molar-refractivity contribution in [1.29, 1.82) is 0 Å². The van der Waals surface area contributed by atoms with Gasteiger partial charge in [-0.15, -0.1) is 0 Å². The van der Waals surface area contributed by atoms with Gasteiger partial charge >= 0.3 is 0 Å². The molecule has 0 radical (unpaired) electrons. The van der Waals surface area contributed by atoms with Crippen molar-refractivity contribution in [2.45, 2.75) is 44.8 Å². The van der Waals surface area contributed by atoms with E-state index in [0.29, 0.717) is 29.4 Å². The number of furan rings is 1. The summed E-state index contributed by atoms with van der Waals surface area (Å²) in [4.78, 5) is 6.98. The first-order valence-electron chi connectivity index (χ1n) is 7.99. The summed E-state index contributed by atoms with van der Waals surface area (Å²) in [5, 5.41) is 4.11. The standard InChI is InChI=1S/C16H21N3O3/c1-10(2)12-5-7-20-14(12)16-17-15(18-22-16)13-8-19-6-3-4-11(19)9-21-13/h5,7,10-11,13H,3-4,6,8-9H2,1-2H3/t11-,13+/m0/s1. The number of nitrogens with zero attached hydrogens (tertiary/aromatic N) is 3. The van der Waals surface area contributed by atoms with Gasteiger partial charge in [-0.3, -0.25) is 4.90 Å². The van der Waals surface area contributed by atoms with Gasteiger partial charge in [0.2, 0.25) is 5.82 Å². The highest BCUT2D eigenvalue weighted by atomic mass is 16.5. The molecule has 2 aromatic heterocycles. The first-order valence-corrected chi connectivity index (χ1v) is 7.99. The number of fused-ring (bicyclic) bond motifs is 1. The van der Waals surface area contributed by atoms with Crippen LogP contribution in [0.1, 0.15) is 50.1 Å². The van der Waals surface area contributed by atoms with Crippen molar-refractivity contribution in [3.05, 3.63) is 23.7 Å². The van der Waals surface area contributed by atoms with Crippen molar-refractivity contribution in [1.82, 2.24) is 15.0 Å². The summed E-state index contributed by atoms with van der Waals surface area (Å²) < 4.78 is 16.9. The molecule has 0 N–H and O–H groups in total. The average Bonchev–Trinajstić information content (AvgIpc) is 3.25. The van der Waals surface area contributed by atoms with Crippen molar-refractivity contribution in [2.24, 2.45) is 0 Å². The maximum atomic E-state index is 5.93. The van der Waals surface area contributed by atoms with Gasteiger partial charge in [-0.25, -0.2) is 0 Å². The van der Waals surface area contributed by atoms with Crippen molar-refractivity contribution < 1.29 is 13.7 Å². The van der Waals surface area contributed by atoms with Crippen LogP contribution < -0.4 is 0 Å². The number of rotatable bonds is 3. The molecule has 2 saturated heterocycles. The Labute approximate surface area is 129 Å². The van der Waals surface area contributed by atoms with Crippen molar-refractivity contribution in [2.75, 3.05) is 19.7 Å². The van der Waals surface area contributed by atoms with Crippen LogP contribution in [0.2, 0.25) is 0 Å². The molecule has 4 rings (SSSR count). The monoisotopic (exact) mass is 303 g/mol. The highest BCUT2D eigenvalue weighted by Gasteiger charge is 2.35. The Morgan fingerprint density at radius 2 is 2.27 bits per heavy atom. The molecule has 0 aliphatic carbocycles. The largest absolute Gasteiger partial charge is 0.459 e. The number of hydrogen-bond donors (Lipinski definition) is 0. The number of aromatic nitrogens is 2. The van der Waals surface area contributed by atoms with Crippen molar-refractivity contribution >= 4 is 0 Å². The molecule has 4 heterocycles. The first kappa shape index (κ1) is 14.0. The summed E-state index contributed by atoms with van der Waals surface area (Å²) in [5.74, 6) is 2.08. The molecule has 2 fully saturated rings. The highest BCUT2D eigenvalue weighted by molar-refractivity contribution is 5.51. The molecule has 0 spiro atoms. The Morgan fingerprint density at radius 3 is 3.14 bits per heavy atom. The lowest BCUT2D eigenvalue weighted by Crippen LogP contribution is -2.42. The van der Waals surface area contributed by atoms with E-state index in [1.54, 1.807) is 6.26 Å². The van der Waals surface area contributed by atoms with Crippen LogP contribution in [0.3, 0.4) is 0 Å². The topological polar surface area (TPSA) is 64.5 Å². The zero-order valence-electron chi connectivity index (χ0n) is 13.0. The Balaban J connectivity index is 1.55. The second kappa shape index (κ2) is 5.52. The van der Waals surface area contributed by atoms with E-state index < -0.39 is 0 Å². The van der Waals surface area contributed by atoms with E-state index in [1.807, 2.05) is 6.07 Å². The third-order valence-electron chi connectivity index (χ3n) is 4.63. The van der Waals surface area contributed by atoms with Gasteiger partial charge in [0, 0.05) is 18.2 Å². The Bertz CT molecular complexity index is 649. The Hall–Kier alpha value is -1.66. The van der Waals surface area contributed by atoms with Crippen LogP contribution in [0.25, 0.3) is 11.7 Å². The van der Waals surface area contributed by atoms with Crippen LogP contribution in [0, 0.1) is 0 Å². The van der Waals surface area contributed by atoms with Gasteiger partial charge in [0.1, 0.15) is 6.10 Å². The molecule has 2 aliphatic rings. The fourth-order valence-corrected chi connectivity index (χ4v) is 3.38. The minimum absolute atomic E-state index is 0.107. The second-order valence-corrected chi connectivity index (χ2v) is 6.43. The van der Waals surface area contributed by atoms with Gasteiger partial charge in [0.25, 0.3) is 5.89 Å². The van der Waals surface area contributed by atoms with Crippen LogP contribution >= 0.6 is 0 Å². The van der Waals surface area contributed by atoms with E-state index in [4.69, 9.17) is 13.7 Å². The summed E-state index contributed by atoms with van der Waals surface area (Å²) >= 11 is 0. The molecule has 0 bridgehead atoms. The second-order valence-electron chi connectivity index (χ2n) is 6.43. The van der Waals surface area contributed by atoms with E-state index in [9.17, 15) is 0 Å². The molecule has 2 aliphatic heterocycles. The molecule has 0 unspecified atom stereocenters. The predicted molar refractivity (Wildman–Crippen MR) is 79.4 cm³/mol. The number of hydrogen-bond acceptors (Lipinski definition) is 6. The summed E-state index contributed by atoms with van der Waals surface area (Å²) in [5.41, 5.74) is 1.08. The molecule has 0 amide bonds. The summed E-state index contributed by atoms with van der Waals surface area (Å²) in [6.07, 6.45) is 4.04. The molecule has 0 saturated carbocycles. The molecular formula is C16H21N3O3. The van der Waals surface area contributed by atoms with Gasteiger partial charge in [0.05, 0.1) is 12.9 Å². The third-order valence-corrected chi connectivity index (χ3v) is 4.63. The number of morpholine rings is 1. The fourth-order valence-electron chi connectivity index (χ4n) is 3.38. The van der Waals surface area contributed by atoms with Crippen molar-refractivity contribution in [3.63, 3.8) is 0 Å². The van der Waals surface area contributed by atoms with Gasteiger partial charge < -0.3 is 13.7 Å². The molecular weight excluding hydrogens is 282 g/mol. The molecule has 118 valence electrons. The van der Waals surface area contributed by atoms with Crippen molar-refractivity contribution in [3.8, 4) is 11.7 Å². The molecule has 2 aromatic rings. The molecule has 0 aromatic carbocycles. The predicted octanol–water partition coefficient (Wildman–Crippen LogP) is 2.99. The fraction of sp³-hybridized carbons (Fsp3) is 0.625. The van der Waals surface area contributed by atoms with Crippen LogP contribution in [0.15, 0.2) is 21.3 Å². The Kier molecular flexibility index (Phi) is 3.50.